The van der Waals surface area contributed by atoms with Crippen LogP contribution >= 0.6 is 0 Å². The Morgan fingerprint density at radius 2 is 1.06 bits per heavy atom. The Bertz CT molecular complexity index is 1880. The van der Waals surface area contributed by atoms with Gasteiger partial charge < -0.3 is 4.74 Å². The lowest BCUT2D eigenvalue weighted by atomic mass is 10.0. The lowest BCUT2D eigenvalue weighted by Crippen LogP contribution is -2.25. The van der Waals surface area contributed by atoms with E-state index in [2.05, 4.69) is 35.3 Å². The van der Waals surface area contributed by atoms with E-state index >= 15 is 0 Å². The molecule has 0 atom stereocenters. The second kappa shape index (κ2) is 14.2. The molecule has 0 saturated heterocycles. The zero-order valence-electron chi connectivity index (χ0n) is 24.2. The van der Waals surface area contributed by atoms with Gasteiger partial charge in [0.2, 0.25) is 0 Å². The molecular weight excluding hydrogens is 645 g/mol. The van der Waals surface area contributed by atoms with Crippen molar-refractivity contribution < 1.29 is 53.0 Å². The molecule has 0 saturated carbocycles. The summed E-state index contributed by atoms with van der Waals surface area (Å²) in [7, 11) is 0. The molecular formula is C35H21F11O. The normalized spacial score (nSPS) is 11.4. The van der Waals surface area contributed by atoms with Crippen molar-refractivity contribution in [3.8, 4) is 29.4 Å². The van der Waals surface area contributed by atoms with E-state index in [9.17, 15) is 48.3 Å². The summed E-state index contributed by atoms with van der Waals surface area (Å²) in [6.45, 7) is 2.06. The van der Waals surface area contributed by atoms with Crippen molar-refractivity contribution in [2.24, 2.45) is 0 Å². The molecule has 4 aromatic rings. The van der Waals surface area contributed by atoms with E-state index in [1.165, 1.54) is 24.3 Å². The van der Waals surface area contributed by atoms with Gasteiger partial charge in [0.25, 0.3) is 0 Å². The van der Waals surface area contributed by atoms with E-state index in [-0.39, 0.29) is 28.8 Å². The smallest absolute Gasteiger partial charge is 0.429 e. The molecule has 4 rings (SSSR count). The molecule has 0 radical (unpaired) electrons. The zero-order chi connectivity index (χ0) is 34.5. The largest absolute Gasteiger partial charge is 0.432 e. The van der Waals surface area contributed by atoms with Crippen LogP contribution in [0, 0.1) is 58.6 Å². The van der Waals surface area contributed by atoms with Crippen molar-refractivity contribution in [2.45, 2.75) is 44.9 Å². The average Bonchev–Trinajstić information content (AvgIpc) is 2.94. The van der Waals surface area contributed by atoms with Crippen LogP contribution in [0.2, 0.25) is 0 Å². The quantitative estimate of drug-likeness (QED) is 0.108. The molecule has 0 aliphatic carbocycles. The number of hydrogen-bond acceptors (Lipinski definition) is 1. The fourth-order valence-corrected chi connectivity index (χ4v) is 4.37. The molecule has 0 spiro atoms. The van der Waals surface area contributed by atoms with Gasteiger partial charge in [0.05, 0.1) is 11.1 Å². The molecule has 0 amide bonds. The monoisotopic (exact) mass is 666 g/mol. The zero-order valence-corrected chi connectivity index (χ0v) is 24.2. The maximum atomic E-state index is 14.7. The molecule has 47 heavy (non-hydrogen) atoms. The highest BCUT2D eigenvalue weighted by Crippen LogP contribution is 2.39. The van der Waals surface area contributed by atoms with Crippen LogP contribution in [-0.2, 0) is 18.7 Å². The SMILES string of the molecule is CCCCCc1ccc(C#Cc2ccc(C#Cc3cc(F)c(C(F)(F)Oc4cc(F)c(C(F)(F)F)c(F)c4)c(F)c3)c(F)c2)c(F)c1. The van der Waals surface area contributed by atoms with Crippen LogP contribution in [0.3, 0.4) is 0 Å². The molecule has 0 fully saturated rings. The van der Waals surface area contributed by atoms with Crippen molar-refractivity contribution >= 4 is 0 Å². The van der Waals surface area contributed by atoms with E-state index in [0.29, 0.717) is 12.1 Å². The summed E-state index contributed by atoms with van der Waals surface area (Å²) in [5.41, 5.74) is -4.09. The molecule has 0 unspecified atom stereocenters. The summed E-state index contributed by atoms with van der Waals surface area (Å²) >= 11 is 0. The van der Waals surface area contributed by atoms with Gasteiger partial charge in [-0.3, -0.25) is 0 Å². The van der Waals surface area contributed by atoms with Crippen LogP contribution in [0.4, 0.5) is 48.3 Å². The van der Waals surface area contributed by atoms with E-state index in [1.54, 1.807) is 6.07 Å². The minimum atomic E-state index is -5.50. The fourth-order valence-electron chi connectivity index (χ4n) is 4.37. The lowest BCUT2D eigenvalue weighted by Gasteiger charge is -2.20. The Hall–Kier alpha value is -4.97. The van der Waals surface area contributed by atoms with E-state index in [0.717, 1.165) is 37.3 Å². The van der Waals surface area contributed by atoms with Crippen LogP contribution in [-0.4, -0.2) is 0 Å². The topological polar surface area (TPSA) is 9.23 Å². The Balaban J connectivity index is 1.51. The number of unbranched alkanes of at least 4 members (excludes halogenated alkanes) is 2. The maximum Gasteiger partial charge on any atom is 0.432 e. The second-order valence-corrected chi connectivity index (χ2v) is 10.2. The fraction of sp³-hybridized carbons (Fsp3) is 0.200. The van der Waals surface area contributed by atoms with Crippen LogP contribution in [0.25, 0.3) is 0 Å². The standard InChI is InChI=1S/C35H21F11O/c1-2-3-4-5-20-6-10-23(26(36)14-20)11-7-21-8-12-24(27(37)15-21)13-9-22-16-28(38)33(29(39)17-22)35(45,46)47-25-18-30(40)32(31(41)19-25)34(42,43)44/h6,8,10,12,14-19H,2-5H2,1H3. The molecule has 12 heteroatoms. The molecule has 244 valence electrons. The summed E-state index contributed by atoms with van der Waals surface area (Å²) in [6, 6.07) is 8.47. The summed E-state index contributed by atoms with van der Waals surface area (Å²) in [5.74, 6) is -1.60. The van der Waals surface area contributed by atoms with Gasteiger partial charge in [-0.2, -0.15) is 22.0 Å². The van der Waals surface area contributed by atoms with Gasteiger partial charge in [-0.05, 0) is 60.9 Å². The van der Waals surface area contributed by atoms with Crippen LogP contribution < -0.4 is 4.74 Å². The molecule has 0 aromatic heterocycles. The highest BCUT2D eigenvalue weighted by molar-refractivity contribution is 5.49. The van der Waals surface area contributed by atoms with Gasteiger partial charge in [-0.15, -0.1) is 0 Å². The minimum absolute atomic E-state index is 0.107. The van der Waals surface area contributed by atoms with E-state index < -0.39 is 69.6 Å². The minimum Gasteiger partial charge on any atom is -0.429 e. The van der Waals surface area contributed by atoms with Crippen molar-refractivity contribution in [1.82, 2.24) is 0 Å². The number of aryl methyl sites for hydroxylation is 1. The van der Waals surface area contributed by atoms with Crippen molar-refractivity contribution in [1.29, 1.82) is 0 Å². The van der Waals surface area contributed by atoms with Crippen LogP contribution in [0.1, 0.15) is 65.1 Å². The molecule has 0 aliphatic rings. The number of hydrogen-bond donors (Lipinski definition) is 0. The number of ether oxygens (including phenoxy) is 1. The predicted octanol–water partition coefficient (Wildman–Crippen LogP) is 10.2. The first-order chi connectivity index (χ1) is 22.1. The molecule has 0 heterocycles. The summed E-state index contributed by atoms with van der Waals surface area (Å²) < 4.78 is 157. The van der Waals surface area contributed by atoms with Gasteiger partial charge >= 0.3 is 12.3 Å². The van der Waals surface area contributed by atoms with Crippen LogP contribution in [0.5, 0.6) is 5.75 Å². The van der Waals surface area contributed by atoms with Gasteiger partial charge in [-0.25, -0.2) is 26.3 Å². The molecule has 0 N–H and O–H groups in total. The van der Waals surface area contributed by atoms with E-state index in [4.69, 9.17) is 0 Å². The number of halogens is 11. The Labute approximate surface area is 262 Å². The lowest BCUT2D eigenvalue weighted by molar-refractivity contribution is -0.189. The maximum absolute atomic E-state index is 14.7. The van der Waals surface area contributed by atoms with Crippen molar-refractivity contribution in [3.63, 3.8) is 0 Å². The first-order valence-corrected chi connectivity index (χ1v) is 13.8. The third kappa shape index (κ3) is 8.64. The average molecular weight is 667 g/mol. The summed E-state index contributed by atoms with van der Waals surface area (Å²) in [6.07, 6.45) is -6.73. The summed E-state index contributed by atoms with van der Waals surface area (Å²) in [5, 5.41) is 0. The van der Waals surface area contributed by atoms with Gasteiger partial charge in [-0.1, -0.05) is 49.5 Å². The Morgan fingerprint density at radius 3 is 1.60 bits per heavy atom. The highest BCUT2D eigenvalue weighted by atomic mass is 19.4. The second-order valence-electron chi connectivity index (χ2n) is 10.2. The van der Waals surface area contributed by atoms with Gasteiger partial charge in [0, 0.05) is 23.3 Å². The van der Waals surface area contributed by atoms with E-state index in [1.807, 2.05) is 0 Å². The molecule has 1 nitrogen and oxygen atoms in total. The predicted molar refractivity (Wildman–Crippen MR) is 150 cm³/mol. The molecule has 0 aliphatic heterocycles. The van der Waals surface area contributed by atoms with Crippen molar-refractivity contribution in [2.75, 3.05) is 0 Å². The van der Waals surface area contributed by atoms with Gasteiger partial charge in [0.15, 0.2) is 0 Å². The van der Waals surface area contributed by atoms with Crippen molar-refractivity contribution in [3.05, 3.63) is 135 Å². The molecule has 0 bridgehead atoms. The first-order valence-electron chi connectivity index (χ1n) is 13.8. The summed E-state index contributed by atoms with van der Waals surface area (Å²) in [4.78, 5) is 0. The Morgan fingerprint density at radius 1 is 0.553 bits per heavy atom. The third-order valence-corrected chi connectivity index (χ3v) is 6.63. The van der Waals surface area contributed by atoms with Crippen LogP contribution in [0.15, 0.2) is 60.7 Å². The van der Waals surface area contributed by atoms with Gasteiger partial charge in [0.1, 0.15) is 51.8 Å². The third-order valence-electron chi connectivity index (χ3n) is 6.63. The number of benzene rings is 4. The number of alkyl halides is 5. The number of rotatable bonds is 7. The highest BCUT2D eigenvalue weighted by Gasteiger charge is 2.43. The first kappa shape index (κ1) is 34.9. The molecule has 4 aromatic carbocycles. The Kier molecular flexibility index (Phi) is 10.5.